The van der Waals surface area contributed by atoms with E-state index in [0.29, 0.717) is 19.7 Å². The van der Waals surface area contributed by atoms with Gasteiger partial charge >= 0.3 is 6.03 Å². The van der Waals surface area contributed by atoms with Crippen LogP contribution in [0, 0.1) is 5.82 Å². The van der Waals surface area contributed by atoms with Gasteiger partial charge in [-0.15, -0.1) is 0 Å². The van der Waals surface area contributed by atoms with Crippen LogP contribution in [0.25, 0.3) is 0 Å². The highest BCUT2D eigenvalue weighted by Gasteiger charge is 2.19. The molecule has 0 radical (unpaired) electrons. The third-order valence-corrected chi connectivity index (χ3v) is 4.60. The molecule has 2 aromatic rings. The largest absolute Gasteiger partial charge is 0.378 e. The summed E-state index contributed by atoms with van der Waals surface area (Å²) in [6, 6.07) is 8.42. The molecular formula is C19H26FN5O2. The Bertz CT molecular complexity index is 734. The van der Waals surface area contributed by atoms with Gasteiger partial charge in [-0.25, -0.2) is 9.18 Å². The van der Waals surface area contributed by atoms with Crippen LogP contribution in [0.2, 0.25) is 0 Å². The van der Waals surface area contributed by atoms with E-state index in [4.69, 9.17) is 4.74 Å². The van der Waals surface area contributed by atoms with E-state index in [2.05, 4.69) is 20.4 Å². The molecule has 2 heterocycles. The Labute approximate surface area is 158 Å². The molecule has 8 heteroatoms. The fourth-order valence-electron chi connectivity index (χ4n) is 3.18. The highest BCUT2D eigenvalue weighted by atomic mass is 19.1. The van der Waals surface area contributed by atoms with E-state index in [1.165, 1.54) is 12.1 Å². The van der Waals surface area contributed by atoms with Gasteiger partial charge < -0.3 is 15.0 Å². The van der Waals surface area contributed by atoms with E-state index in [-0.39, 0.29) is 11.8 Å². The average molecular weight is 375 g/mol. The monoisotopic (exact) mass is 375 g/mol. The predicted molar refractivity (Wildman–Crippen MR) is 99.4 cm³/mol. The number of aromatic amines is 1. The van der Waals surface area contributed by atoms with Gasteiger partial charge in [0.1, 0.15) is 5.82 Å². The van der Waals surface area contributed by atoms with Crippen LogP contribution in [0.15, 0.2) is 30.3 Å². The molecule has 0 atom stereocenters. The van der Waals surface area contributed by atoms with Crippen LogP contribution in [0.3, 0.4) is 0 Å². The van der Waals surface area contributed by atoms with E-state index >= 15 is 0 Å². The molecule has 0 aliphatic carbocycles. The highest BCUT2D eigenvalue weighted by Crippen LogP contribution is 2.10. The molecule has 3 rings (SSSR count). The molecule has 0 spiro atoms. The lowest BCUT2D eigenvalue weighted by Crippen LogP contribution is -2.41. The molecule has 1 saturated heterocycles. The number of nitrogens with one attached hydrogen (secondary N) is 2. The zero-order valence-electron chi connectivity index (χ0n) is 15.6. The molecule has 1 aliphatic heterocycles. The SMILES string of the molecule is COCc1cc(CNC(=O)N2CCCN(Cc3ccc(F)cc3)CC2)[nH]n1. The van der Waals surface area contributed by atoms with Crippen molar-refractivity contribution in [1.29, 1.82) is 0 Å². The summed E-state index contributed by atoms with van der Waals surface area (Å²) in [6.45, 7) is 4.74. The number of hydrogen-bond donors (Lipinski definition) is 2. The number of rotatable bonds is 6. The average Bonchev–Trinajstić information content (AvgIpc) is 2.98. The molecule has 0 saturated carbocycles. The van der Waals surface area contributed by atoms with Gasteiger partial charge in [-0.05, 0) is 30.2 Å². The molecule has 1 aromatic carbocycles. The number of amides is 2. The summed E-state index contributed by atoms with van der Waals surface area (Å²) in [4.78, 5) is 16.6. The Balaban J connectivity index is 1.45. The first-order chi connectivity index (χ1) is 13.1. The standard InChI is InChI=1S/C19H26FN5O2/c1-27-14-18-11-17(22-23-18)12-21-19(26)25-8-2-7-24(9-10-25)13-15-3-5-16(20)6-4-15/h3-6,11H,2,7-10,12-14H2,1H3,(H,21,26)(H,22,23). The van der Waals surface area contributed by atoms with Crippen LogP contribution < -0.4 is 5.32 Å². The number of hydrogen-bond acceptors (Lipinski definition) is 4. The minimum Gasteiger partial charge on any atom is -0.378 e. The van der Waals surface area contributed by atoms with Gasteiger partial charge in [0, 0.05) is 39.8 Å². The molecule has 2 N–H and O–H groups in total. The molecule has 1 aromatic heterocycles. The first-order valence-electron chi connectivity index (χ1n) is 9.15. The zero-order valence-corrected chi connectivity index (χ0v) is 15.6. The number of carbonyl (C=O) groups excluding carboxylic acids is 1. The quantitative estimate of drug-likeness (QED) is 0.811. The minimum absolute atomic E-state index is 0.0680. The van der Waals surface area contributed by atoms with Crippen molar-refractivity contribution in [2.24, 2.45) is 0 Å². The number of methoxy groups -OCH3 is 1. The lowest BCUT2D eigenvalue weighted by molar-refractivity contribution is 0.181. The predicted octanol–water partition coefficient (Wildman–Crippen LogP) is 2.11. The van der Waals surface area contributed by atoms with Crippen molar-refractivity contribution in [3.8, 4) is 0 Å². The van der Waals surface area contributed by atoms with Crippen molar-refractivity contribution in [1.82, 2.24) is 25.3 Å². The van der Waals surface area contributed by atoms with Crippen molar-refractivity contribution in [2.45, 2.75) is 26.1 Å². The minimum atomic E-state index is -0.218. The van der Waals surface area contributed by atoms with E-state index in [9.17, 15) is 9.18 Å². The first kappa shape index (κ1) is 19.3. The summed E-state index contributed by atoms with van der Waals surface area (Å²) in [5, 5.41) is 9.96. The fraction of sp³-hybridized carbons (Fsp3) is 0.474. The van der Waals surface area contributed by atoms with Crippen molar-refractivity contribution in [3.05, 3.63) is 53.1 Å². The smallest absolute Gasteiger partial charge is 0.317 e. The van der Waals surface area contributed by atoms with Crippen LogP contribution in [0.1, 0.15) is 23.4 Å². The maximum Gasteiger partial charge on any atom is 0.317 e. The third kappa shape index (κ3) is 5.77. The van der Waals surface area contributed by atoms with Gasteiger partial charge in [0.25, 0.3) is 0 Å². The third-order valence-electron chi connectivity index (χ3n) is 4.60. The van der Waals surface area contributed by atoms with Gasteiger partial charge in [-0.2, -0.15) is 5.10 Å². The maximum absolute atomic E-state index is 13.0. The van der Waals surface area contributed by atoms with Crippen LogP contribution >= 0.6 is 0 Å². The summed E-state index contributed by atoms with van der Waals surface area (Å²) in [5.41, 5.74) is 2.75. The number of H-pyrrole nitrogens is 1. The summed E-state index contributed by atoms with van der Waals surface area (Å²) < 4.78 is 18.1. The second-order valence-electron chi connectivity index (χ2n) is 6.72. The van der Waals surface area contributed by atoms with Crippen LogP contribution in [-0.4, -0.2) is 59.3 Å². The normalized spacial score (nSPS) is 15.6. The van der Waals surface area contributed by atoms with Gasteiger partial charge in [0.05, 0.1) is 24.5 Å². The molecular weight excluding hydrogens is 349 g/mol. The number of urea groups is 1. The lowest BCUT2D eigenvalue weighted by Gasteiger charge is -2.22. The topological polar surface area (TPSA) is 73.5 Å². The number of halogens is 1. The Kier molecular flexibility index (Phi) is 6.78. The molecule has 7 nitrogen and oxygen atoms in total. The Morgan fingerprint density at radius 3 is 2.85 bits per heavy atom. The second kappa shape index (κ2) is 9.48. The number of carbonyl (C=O) groups is 1. The number of ether oxygens (including phenoxy) is 1. The molecule has 0 bridgehead atoms. The van der Waals surface area contributed by atoms with Crippen molar-refractivity contribution in [3.63, 3.8) is 0 Å². The summed E-state index contributed by atoms with van der Waals surface area (Å²) in [7, 11) is 1.62. The van der Waals surface area contributed by atoms with Gasteiger partial charge in [-0.1, -0.05) is 12.1 Å². The van der Waals surface area contributed by atoms with E-state index in [0.717, 1.165) is 49.6 Å². The Morgan fingerprint density at radius 1 is 1.26 bits per heavy atom. The number of aromatic nitrogens is 2. The summed E-state index contributed by atoms with van der Waals surface area (Å²) in [5.74, 6) is -0.218. The Hall–Kier alpha value is -2.45. The second-order valence-corrected chi connectivity index (χ2v) is 6.72. The molecule has 27 heavy (non-hydrogen) atoms. The van der Waals surface area contributed by atoms with Crippen molar-refractivity contribution < 1.29 is 13.9 Å². The number of nitrogens with zero attached hydrogens (tertiary/aromatic N) is 3. The van der Waals surface area contributed by atoms with E-state index in [1.54, 1.807) is 7.11 Å². The Morgan fingerprint density at radius 2 is 2.07 bits per heavy atom. The van der Waals surface area contributed by atoms with E-state index < -0.39 is 0 Å². The zero-order chi connectivity index (χ0) is 19.1. The number of benzene rings is 1. The van der Waals surface area contributed by atoms with Gasteiger partial charge in [0.2, 0.25) is 0 Å². The fourth-order valence-corrected chi connectivity index (χ4v) is 3.18. The van der Waals surface area contributed by atoms with Crippen LogP contribution in [0.4, 0.5) is 9.18 Å². The van der Waals surface area contributed by atoms with Crippen LogP contribution in [-0.2, 0) is 24.4 Å². The molecule has 1 aliphatic rings. The van der Waals surface area contributed by atoms with Crippen LogP contribution in [0.5, 0.6) is 0 Å². The maximum atomic E-state index is 13.0. The lowest BCUT2D eigenvalue weighted by atomic mass is 10.2. The van der Waals surface area contributed by atoms with E-state index in [1.807, 2.05) is 23.1 Å². The van der Waals surface area contributed by atoms with Crippen molar-refractivity contribution >= 4 is 6.03 Å². The molecule has 2 amide bonds. The molecule has 1 fully saturated rings. The van der Waals surface area contributed by atoms with Gasteiger partial charge in [0.15, 0.2) is 0 Å². The van der Waals surface area contributed by atoms with Crippen molar-refractivity contribution in [2.75, 3.05) is 33.3 Å². The molecule has 0 unspecified atom stereocenters. The molecule has 146 valence electrons. The first-order valence-corrected chi connectivity index (χ1v) is 9.15. The summed E-state index contributed by atoms with van der Waals surface area (Å²) >= 11 is 0. The van der Waals surface area contributed by atoms with Gasteiger partial charge in [-0.3, -0.25) is 10.00 Å². The highest BCUT2D eigenvalue weighted by molar-refractivity contribution is 5.74. The summed E-state index contributed by atoms with van der Waals surface area (Å²) in [6.07, 6.45) is 0.913.